The minimum absolute atomic E-state index is 0.336. The zero-order chi connectivity index (χ0) is 7.49. The lowest BCUT2D eigenvalue weighted by Crippen LogP contribution is -2.26. The first-order valence-electron chi connectivity index (χ1n) is 2.45. The summed E-state index contributed by atoms with van der Waals surface area (Å²) in [6.07, 6.45) is 1.48. The molecule has 0 aliphatic rings. The van der Waals surface area contributed by atoms with Crippen molar-refractivity contribution >= 4 is 21.9 Å². The van der Waals surface area contributed by atoms with E-state index in [2.05, 4.69) is 27.2 Å². The van der Waals surface area contributed by atoms with Gasteiger partial charge < -0.3 is 4.74 Å². The minimum Gasteiger partial charge on any atom is -0.468 e. The third-order valence-corrected chi connectivity index (χ3v) is 1.62. The topological polar surface area (TPSA) is 26.3 Å². The van der Waals surface area contributed by atoms with Gasteiger partial charge >= 0.3 is 5.97 Å². The molecular weight excluding hydrogens is 184 g/mol. The Morgan fingerprint density at radius 1 is 1.89 bits per heavy atom. The lowest BCUT2D eigenvalue weighted by atomic mass is 10.2. The van der Waals surface area contributed by atoms with E-state index in [9.17, 15) is 4.79 Å². The average Bonchev–Trinajstić information content (AvgIpc) is 1.86. The maximum atomic E-state index is 10.7. The molecule has 9 heavy (non-hydrogen) atoms. The van der Waals surface area contributed by atoms with E-state index in [4.69, 9.17) is 0 Å². The Labute approximate surface area is 63.0 Å². The van der Waals surface area contributed by atoms with Gasteiger partial charge in [-0.1, -0.05) is 22.0 Å². The molecule has 0 aliphatic carbocycles. The fraction of sp³-hybridized carbons (Fsp3) is 0.500. The van der Waals surface area contributed by atoms with Gasteiger partial charge in [-0.2, -0.15) is 0 Å². The standard InChI is InChI=1S/C6H9BrO2/c1-4-6(2,7)5(8)9-3/h4H,1H2,2-3H3. The van der Waals surface area contributed by atoms with Crippen LogP contribution in [0.5, 0.6) is 0 Å². The number of hydrogen-bond donors (Lipinski definition) is 0. The summed E-state index contributed by atoms with van der Waals surface area (Å²) in [4.78, 5) is 10.7. The number of halogens is 1. The van der Waals surface area contributed by atoms with Gasteiger partial charge in [0.25, 0.3) is 0 Å². The molecule has 0 heterocycles. The monoisotopic (exact) mass is 192 g/mol. The molecule has 3 heteroatoms. The first-order chi connectivity index (χ1) is 4.04. The summed E-state index contributed by atoms with van der Waals surface area (Å²) in [5.41, 5.74) is 0. The number of rotatable bonds is 2. The molecule has 2 nitrogen and oxygen atoms in total. The molecule has 0 saturated heterocycles. The average molecular weight is 193 g/mol. The number of esters is 1. The molecule has 0 aromatic rings. The molecule has 0 aliphatic heterocycles. The lowest BCUT2D eigenvalue weighted by molar-refractivity contribution is -0.141. The molecule has 0 bridgehead atoms. The number of alkyl halides is 1. The number of ether oxygens (including phenoxy) is 1. The van der Waals surface area contributed by atoms with Crippen molar-refractivity contribution in [2.24, 2.45) is 0 Å². The second-order valence-electron chi connectivity index (χ2n) is 1.77. The van der Waals surface area contributed by atoms with Crippen LogP contribution < -0.4 is 0 Å². The molecule has 0 aromatic carbocycles. The molecule has 0 aromatic heterocycles. The Kier molecular flexibility index (Phi) is 2.91. The van der Waals surface area contributed by atoms with Crippen LogP contribution in [0.15, 0.2) is 12.7 Å². The predicted octanol–water partition coefficient (Wildman–Crippen LogP) is 1.50. The van der Waals surface area contributed by atoms with Crippen molar-refractivity contribution < 1.29 is 9.53 Å². The van der Waals surface area contributed by atoms with E-state index in [1.807, 2.05) is 0 Å². The Bertz CT molecular complexity index is 129. The minimum atomic E-state index is -0.734. The van der Waals surface area contributed by atoms with E-state index in [1.165, 1.54) is 13.2 Å². The van der Waals surface area contributed by atoms with Crippen molar-refractivity contribution in [1.82, 2.24) is 0 Å². The summed E-state index contributed by atoms with van der Waals surface area (Å²) < 4.78 is 3.71. The highest BCUT2D eigenvalue weighted by Gasteiger charge is 2.26. The SMILES string of the molecule is C=CC(C)(Br)C(=O)OC. The van der Waals surface area contributed by atoms with Crippen molar-refractivity contribution in [3.63, 3.8) is 0 Å². The van der Waals surface area contributed by atoms with Gasteiger partial charge in [0.2, 0.25) is 0 Å². The normalized spacial score (nSPS) is 15.9. The van der Waals surface area contributed by atoms with Crippen LogP contribution in [0.3, 0.4) is 0 Å². The fourth-order valence-electron chi connectivity index (χ4n) is 0.283. The number of carbonyl (C=O) groups is 1. The Hall–Kier alpha value is -0.310. The Morgan fingerprint density at radius 3 is 2.44 bits per heavy atom. The molecule has 0 fully saturated rings. The third-order valence-electron chi connectivity index (χ3n) is 0.968. The highest BCUT2D eigenvalue weighted by molar-refractivity contribution is 9.10. The smallest absolute Gasteiger partial charge is 0.326 e. The van der Waals surface area contributed by atoms with E-state index < -0.39 is 4.32 Å². The number of hydrogen-bond acceptors (Lipinski definition) is 2. The maximum Gasteiger partial charge on any atom is 0.326 e. The zero-order valence-electron chi connectivity index (χ0n) is 5.48. The van der Waals surface area contributed by atoms with Crippen LogP contribution in [-0.4, -0.2) is 17.4 Å². The van der Waals surface area contributed by atoms with E-state index >= 15 is 0 Å². The van der Waals surface area contributed by atoms with Crippen molar-refractivity contribution in [1.29, 1.82) is 0 Å². The Morgan fingerprint density at radius 2 is 2.33 bits per heavy atom. The molecular formula is C6H9BrO2. The van der Waals surface area contributed by atoms with Gasteiger partial charge in [-0.05, 0) is 6.92 Å². The summed E-state index contributed by atoms with van der Waals surface area (Å²) in [6.45, 7) is 5.13. The first kappa shape index (κ1) is 8.69. The molecule has 52 valence electrons. The van der Waals surface area contributed by atoms with Crippen molar-refractivity contribution in [2.45, 2.75) is 11.2 Å². The van der Waals surface area contributed by atoms with Crippen molar-refractivity contribution in [3.05, 3.63) is 12.7 Å². The van der Waals surface area contributed by atoms with Gasteiger partial charge in [0.15, 0.2) is 0 Å². The van der Waals surface area contributed by atoms with Crippen LogP contribution in [0, 0.1) is 0 Å². The summed E-state index contributed by atoms with van der Waals surface area (Å²) in [5.74, 6) is -0.336. The summed E-state index contributed by atoms with van der Waals surface area (Å²) in [6, 6.07) is 0. The fourth-order valence-corrected chi connectivity index (χ4v) is 0.445. The summed E-state index contributed by atoms with van der Waals surface area (Å²) in [5, 5.41) is 0. The second-order valence-corrected chi connectivity index (χ2v) is 3.42. The number of methoxy groups -OCH3 is 1. The lowest BCUT2D eigenvalue weighted by Gasteiger charge is -2.12. The predicted molar refractivity (Wildman–Crippen MR) is 39.5 cm³/mol. The van der Waals surface area contributed by atoms with E-state index in [1.54, 1.807) is 6.92 Å². The van der Waals surface area contributed by atoms with Crippen molar-refractivity contribution in [3.8, 4) is 0 Å². The van der Waals surface area contributed by atoms with Gasteiger partial charge in [0.1, 0.15) is 4.32 Å². The highest BCUT2D eigenvalue weighted by Crippen LogP contribution is 2.19. The molecule has 0 saturated carbocycles. The zero-order valence-corrected chi connectivity index (χ0v) is 7.06. The van der Waals surface area contributed by atoms with Crippen molar-refractivity contribution in [2.75, 3.05) is 7.11 Å². The van der Waals surface area contributed by atoms with Crippen LogP contribution in [-0.2, 0) is 9.53 Å². The largest absolute Gasteiger partial charge is 0.468 e. The van der Waals surface area contributed by atoms with E-state index in [-0.39, 0.29) is 5.97 Å². The molecule has 0 spiro atoms. The van der Waals surface area contributed by atoms with E-state index in [0.29, 0.717) is 0 Å². The molecule has 0 radical (unpaired) electrons. The van der Waals surface area contributed by atoms with Crippen LogP contribution in [0.25, 0.3) is 0 Å². The summed E-state index contributed by atoms with van der Waals surface area (Å²) >= 11 is 3.11. The molecule has 0 rings (SSSR count). The van der Waals surface area contributed by atoms with Crippen LogP contribution in [0.4, 0.5) is 0 Å². The van der Waals surface area contributed by atoms with Gasteiger partial charge in [-0.15, -0.1) is 6.58 Å². The quantitative estimate of drug-likeness (QED) is 0.377. The van der Waals surface area contributed by atoms with Gasteiger partial charge in [0, 0.05) is 0 Å². The first-order valence-corrected chi connectivity index (χ1v) is 3.25. The molecule has 1 atom stereocenters. The van der Waals surface area contributed by atoms with Gasteiger partial charge in [-0.25, -0.2) is 0 Å². The Balaban J connectivity index is 4.14. The van der Waals surface area contributed by atoms with Gasteiger partial charge in [-0.3, -0.25) is 4.79 Å². The molecule has 0 N–H and O–H groups in total. The second kappa shape index (κ2) is 3.01. The van der Waals surface area contributed by atoms with Crippen LogP contribution in [0.2, 0.25) is 0 Å². The maximum absolute atomic E-state index is 10.7. The van der Waals surface area contributed by atoms with Gasteiger partial charge in [0.05, 0.1) is 7.11 Å². The summed E-state index contributed by atoms with van der Waals surface area (Å²) in [7, 11) is 1.34. The molecule has 1 unspecified atom stereocenters. The van der Waals surface area contributed by atoms with Crippen LogP contribution in [0.1, 0.15) is 6.92 Å². The van der Waals surface area contributed by atoms with Crippen LogP contribution >= 0.6 is 15.9 Å². The highest BCUT2D eigenvalue weighted by atomic mass is 79.9. The van der Waals surface area contributed by atoms with E-state index in [0.717, 1.165) is 0 Å². The molecule has 0 amide bonds. The third kappa shape index (κ3) is 2.18. The number of carbonyl (C=O) groups excluding carboxylic acids is 1.